The summed E-state index contributed by atoms with van der Waals surface area (Å²) in [5.74, 6) is 0. The Bertz CT molecular complexity index is 3000. The summed E-state index contributed by atoms with van der Waals surface area (Å²) in [5.41, 5.74) is 23.5. The number of para-hydroxylation sites is 1. The van der Waals surface area contributed by atoms with Crippen molar-refractivity contribution in [3.8, 4) is 39.1 Å². The summed E-state index contributed by atoms with van der Waals surface area (Å²) in [4.78, 5) is 0. The Labute approximate surface area is 364 Å². The molecule has 1 aromatic heterocycles. The third kappa shape index (κ3) is 6.55. The normalized spacial score (nSPS) is 13.9. The van der Waals surface area contributed by atoms with Crippen LogP contribution >= 0.6 is 0 Å². The number of unbranched alkanes of at least 4 members (excludes halogenated alkanes) is 2. The summed E-state index contributed by atoms with van der Waals surface area (Å²) in [6, 6.07) is 51.6. The highest BCUT2D eigenvalue weighted by molar-refractivity contribution is 6.73. The second kappa shape index (κ2) is 14.4. The quantitative estimate of drug-likeness (QED) is 0.120. The van der Waals surface area contributed by atoms with Crippen molar-refractivity contribution >= 4 is 51.4 Å². The van der Waals surface area contributed by atoms with Gasteiger partial charge in [-0.2, -0.15) is 0 Å². The molecule has 10 rings (SSSR count). The Balaban J connectivity index is 1.28. The first-order valence-corrected chi connectivity index (χ1v) is 22.7. The number of nitrogens with zero attached hydrogens (tertiary/aromatic N) is 1. The maximum absolute atomic E-state index is 4.04. The third-order valence-corrected chi connectivity index (χ3v) is 14.0. The number of hydrogen-bond acceptors (Lipinski definition) is 1. The fraction of sp³-hybridized carbons (Fsp3) is 0.276. The van der Waals surface area contributed by atoms with Crippen LogP contribution in [0.25, 0.3) is 60.9 Å². The minimum Gasteiger partial charge on any atom is -0.355 e. The van der Waals surface area contributed by atoms with Crippen LogP contribution in [0.1, 0.15) is 109 Å². The lowest BCUT2D eigenvalue weighted by Crippen LogP contribution is -2.38. The zero-order chi connectivity index (χ0) is 42.4. The van der Waals surface area contributed by atoms with Gasteiger partial charge in [0.25, 0.3) is 0 Å². The van der Waals surface area contributed by atoms with Gasteiger partial charge in [-0.3, -0.25) is 0 Å². The van der Waals surface area contributed by atoms with Crippen LogP contribution in [0.2, 0.25) is 0 Å². The molecular weight excluding hydrogens is 735 g/mol. The molecule has 0 radical (unpaired) electrons. The molecule has 304 valence electrons. The van der Waals surface area contributed by atoms with E-state index in [1.54, 1.807) is 0 Å². The molecule has 2 aliphatic rings. The molecule has 0 fully saturated rings. The van der Waals surface area contributed by atoms with Crippen molar-refractivity contribution in [3.05, 3.63) is 161 Å². The summed E-state index contributed by atoms with van der Waals surface area (Å²) in [6.45, 7) is 21.0. The molecule has 0 atom stereocenters. The summed E-state index contributed by atoms with van der Waals surface area (Å²) in [7, 11) is 0.858. The number of rotatable bonds is 8. The standard InChI is InChI=1S/C58H59BN2/c1-10-11-12-17-36-22-29-40(30-23-36)60-50-35-44-41-18-13-15-20-47(41)58(8,9)48(44)34-45(50)46-33-43(37-24-26-38(27-25-37)56(2,3)4)53-42-19-14-16-21-51(42)61-52-31-28-39(57(5,6)7)32-49(52)59-54(46)55(53)61/h13-16,18-35,59-60H,10-12,17H2,1-9H3. The molecule has 3 heteroatoms. The molecule has 7 aromatic carbocycles. The van der Waals surface area contributed by atoms with Gasteiger partial charge in [-0.15, -0.1) is 0 Å². The minimum atomic E-state index is -0.143. The van der Waals surface area contributed by atoms with Gasteiger partial charge in [0, 0.05) is 44.3 Å². The second-order valence-corrected chi connectivity index (χ2v) is 20.5. The molecular formula is C58H59BN2. The summed E-state index contributed by atoms with van der Waals surface area (Å²) < 4.78 is 2.60. The Morgan fingerprint density at radius 3 is 2.05 bits per heavy atom. The van der Waals surface area contributed by atoms with E-state index in [0.717, 1.165) is 25.1 Å². The lowest BCUT2D eigenvalue weighted by Gasteiger charge is -2.28. The second-order valence-electron chi connectivity index (χ2n) is 20.5. The third-order valence-electron chi connectivity index (χ3n) is 14.0. The van der Waals surface area contributed by atoms with Crippen molar-refractivity contribution in [1.82, 2.24) is 4.57 Å². The highest BCUT2D eigenvalue weighted by Gasteiger charge is 2.37. The fourth-order valence-electron chi connectivity index (χ4n) is 10.4. The van der Waals surface area contributed by atoms with E-state index in [4.69, 9.17) is 0 Å². The van der Waals surface area contributed by atoms with Crippen LogP contribution in [0.5, 0.6) is 0 Å². The molecule has 0 spiro atoms. The van der Waals surface area contributed by atoms with Crippen LogP contribution in [0, 0.1) is 0 Å². The van der Waals surface area contributed by atoms with Crippen LogP contribution < -0.4 is 16.2 Å². The molecule has 0 unspecified atom stereocenters. The molecule has 0 amide bonds. The van der Waals surface area contributed by atoms with Crippen molar-refractivity contribution < 1.29 is 0 Å². The Morgan fingerprint density at radius 2 is 1.31 bits per heavy atom. The van der Waals surface area contributed by atoms with Crippen molar-refractivity contribution in [2.45, 2.75) is 104 Å². The summed E-state index contributed by atoms with van der Waals surface area (Å²) in [5, 5.41) is 6.68. The van der Waals surface area contributed by atoms with E-state index < -0.39 is 0 Å². The topological polar surface area (TPSA) is 17.0 Å². The van der Waals surface area contributed by atoms with Gasteiger partial charge in [0.05, 0.1) is 5.52 Å². The molecule has 1 N–H and O–H groups in total. The predicted molar refractivity (Wildman–Crippen MR) is 266 cm³/mol. The summed E-state index contributed by atoms with van der Waals surface area (Å²) >= 11 is 0. The molecule has 61 heavy (non-hydrogen) atoms. The van der Waals surface area contributed by atoms with Crippen molar-refractivity contribution in [2.75, 3.05) is 5.32 Å². The van der Waals surface area contributed by atoms with Crippen LogP contribution in [-0.2, 0) is 22.7 Å². The lowest BCUT2D eigenvalue weighted by molar-refractivity contribution is 0.590. The van der Waals surface area contributed by atoms with Gasteiger partial charge in [-0.05, 0) is 127 Å². The van der Waals surface area contributed by atoms with E-state index in [-0.39, 0.29) is 16.2 Å². The van der Waals surface area contributed by atoms with Gasteiger partial charge in [-0.1, -0.05) is 172 Å². The average Bonchev–Trinajstić information content (AvgIpc) is 3.70. The highest BCUT2D eigenvalue weighted by atomic mass is 15.0. The number of aryl methyl sites for hydroxylation is 1. The first-order valence-electron chi connectivity index (χ1n) is 22.7. The minimum absolute atomic E-state index is 0.0402. The Morgan fingerprint density at radius 1 is 0.607 bits per heavy atom. The van der Waals surface area contributed by atoms with Crippen LogP contribution in [0.3, 0.4) is 0 Å². The number of fused-ring (bicyclic) bond motifs is 8. The van der Waals surface area contributed by atoms with Gasteiger partial charge in [0.2, 0.25) is 0 Å². The largest absolute Gasteiger partial charge is 0.355 e. The Hall–Kier alpha value is -5.80. The van der Waals surface area contributed by atoms with Gasteiger partial charge in [-0.25, -0.2) is 0 Å². The molecule has 0 bridgehead atoms. The van der Waals surface area contributed by atoms with E-state index in [1.807, 2.05) is 0 Å². The maximum atomic E-state index is 4.04. The van der Waals surface area contributed by atoms with E-state index in [1.165, 1.54) is 119 Å². The fourth-order valence-corrected chi connectivity index (χ4v) is 10.4. The van der Waals surface area contributed by atoms with Crippen LogP contribution in [-0.4, -0.2) is 11.8 Å². The first-order chi connectivity index (χ1) is 29.2. The molecule has 0 saturated carbocycles. The van der Waals surface area contributed by atoms with E-state index >= 15 is 0 Å². The zero-order valence-corrected chi connectivity index (χ0v) is 37.7. The zero-order valence-electron chi connectivity index (χ0n) is 37.7. The number of nitrogens with one attached hydrogen (secondary N) is 1. The molecule has 2 nitrogen and oxygen atoms in total. The van der Waals surface area contributed by atoms with Crippen molar-refractivity contribution in [1.29, 1.82) is 0 Å². The molecule has 8 aromatic rings. The van der Waals surface area contributed by atoms with Crippen molar-refractivity contribution in [3.63, 3.8) is 0 Å². The molecule has 1 aliphatic heterocycles. The molecule has 2 heterocycles. The number of aromatic nitrogens is 1. The average molecular weight is 795 g/mol. The predicted octanol–water partition coefficient (Wildman–Crippen LogP) is 14.2. The maximum Gasteiger partial charge on any atom is 0.198 e. The molecule has 1 aliphatic carbocycles. The SMILES string of the molecule is CCCCCc1ccc(Nc2cc3c(cc2-c2cc(-c4ccc(C(C)(C)C)cc4)c4c5ccccc5n5c4c2Bc2cc(C(C)(C)C)ccc2-5)C(C)(C)c2ccccc2-3)cc1. The van der Waals surface area contributed by atoms with Gasteiger partial charge >= 0.3 is 0 Å². The Kier molecular flexibility index (Phi) is 9.29. The van der Waals surface area contributed by atoms with Gasteiger partial charge in [0.1, 0.15) is 0 Å². The van der Waals surface area contributed by atoms with E-state index in [0.29, 0.717) is 0 Å². The number of anilines is 2. The lowest BCUT2D eigenvalue weighted by atomic mass is 9.58. The number of benzene rings is 7. The monoisotopic (exact) mass is 794 g/mol. The smallest absolute Gasteiger partial charge is 0.198 e. The van der Waals surface area contributed by atoms with Gasteiger partial charge in [0.15, 0.2) is 7.28 Å². The van der Waals surface area contributed by atoms with Gasteiger partial charge < -0.3 is 9.88 Å². The van der Waals surface area contributed by atoms with Crippen LogP contribution in [0.15, 0.2) is 133 Å². The molecule has 0 saturated heterocycles. The number of hydrogen-bond donors (Lipinski definition) is 1. The summed E-state index contributed by atoms with van der Waals surface area (Å²) in [6.07, 6.45) is 4.87. The van der Waals surface area contributed by atoms with E-state index in [9.17, 15) is 0 Å². The van der Waals surface area contributed by atoms with E-state index in [2.05, 4.69) is 206 Å². The first kappa shape index (κ1) is 39.3. The highest BCUT2D eigenvalue weighted by Crippen LogP contribution is 2.52. The van der Waals surface area contributed by atoms with Crippen LogP contribution in [0.4, 0.5) is 11.4 Å². The van der Waals surface area contributed by atoms with Crippen molar-refractivity contribution in [2.24, 2.45) is 0 Å².